The molecule has 0 saturated carbocycles. The van der Waals surface area contributed by atoms with Gasteiger partial charge in [-0.25, -0.2) is 0 Å². The van der Waals surface area contributed by atoms with Crippen molar-refractivity contribution in [3.05, 3.63) is 58.4 Å². The molecule has 0 aliphatic carbocycles. The molecule has 0 aliphatic heterocycles. The van der Waals surface area contributed by atoms with Gasteiger partial charge < -0.3 is 15.0 Å². The van der Waals surface area contributed by atoms with Crippen LogP contribution in [0.2, 0.25) is 0 Å². The van der Waals surface area contributed by atoms with Gasteiger partial charge >= 0.3 is 0 Å². The first-order chi connectivity index (χ1) is 10.4. The van der Waals surface area contributed by atoms with Crippen LogP contribution in [-0.2, 0) is 13.1 Å². The largest absolute Gasteiger partial charge is 0.394 e. The quantitative estimate of drug-likeness (QED) is 0.805. The third kappa shape index (κ3) is 3.46. The zero-order valence-electron chi connectivity index (χ0n) is 13.5. The van der Waals surface area contributed by atoms with Gasteiger partial charge in [-0.1, -0.05) is 17.7 Å². The van der Waals surface area contributed by atoms with E-state index >= 15 is 0 Å². The molecule has 0 atom stereocenters. The molecule has 0 saturated heterocycles. The number of aromatic nitrogens is 1. The highest BCUT2D eigenvalue weighted by molar-refractivity contribution is 5.80. The predicted molar refractivity (Wildman–Crippen MR) is 91.1 cm³/mol. The third-order valence-electron chi connectivity index (χ3n) is 3.79. The minimum absolute atomic E-state index is 0.0144. The first-order valence-electron chi connectivity index (χ1n) is 7.48. The smallest absolute Gasteiger partial charge is 0.255 e. The fourth-order valence-corrected chi connectivity index (χ4v) is 2.39. The zero-order chi connectivity index (χ0) is 16.3. The highest BCUT2D eigenvalue weighted by Gasteiger charge is 2.17. The lowest BCUT2D eigenvalue weighted by molar-refractivity contribution is 0.187. The number of hydrogen-bond donors (Lipinski definition) is 2. The molecule has 2 N–H and O–H groups in total. The number of benzene rings is 1. The van der Waals surface area contributed by atoms with E-state index in [-0.39, 0.29) is 12.2 Å². The average Bonchev–Trinajstić information content (AvgIpc) is 2.48. The molecule has 0 amide bonds. The fraction of sp³-hybridized carbons (Fsp3) is 0.389. The van der Waals surface area contributed by atoms with Crippen LogP contribution in [0.3, 0.4) is 0 Å². The number of rotatable bonds is 6. The Kier molecular flexibility index (Phi) is 4.84. The second-order valence-corrected chi connectivity index (χ2v) is 6.33. The number of allylic oxidation sites excluding steroid dienone is 1. The van der Waals surface area contributed by atoms with Gasteiger partial charge in [0.2, 0.25) is 0 Å². The molecule has 22 heavy (non-hydrogen) atoms. The van der Waals surface area contributed by atoms with Crippen LogP contribution >= 0.6 is 0 Å². The van der Waals surface area contributed by atoms with E-state index in [2.05, 4.69) is 18.0 Å². The van der Waals surface area contributed by atoms with Gasteiger partial charge in [0.1, 0.15) is 0 Å². The van der Waals surface area contributed by atoms with Crippen molar-refractivity contribution in [1.29, 1.82) is 0 Å². The summed E-state index contributed by atoms with van der Waals surface area (Å²) in [6, 6.07) is 8.00. The molecular formula is C18H24N2O2. The Labute approximate surface area is 131 Å². The second-order valence-electron chi connectivity index (χ2n) is 6.33. The summed E-state index contributed by atoms with van der Waals surface area (Å²) < 4.78 is 1.74. The Morgan fingerprint density at radius 3 is 2.73 bits per heavy atom. The molecule has 4 nitrogen and oxygen atoms in total. The van der Waals surface area contributed by atoms with E-state index in [0.717, 1.165) is 16.5 Å². The van der Waals surface area contributed by atoms with Gasteiger partial charge in [-0.3, -0.25) is 4.79 Å². The van der Waals surface area contributed by atoms with Crippen molar-refractivity contribution >= 4 is 10.9 Å². The molecular weight excluding hydrogens is 276 g/mol. The summed E-state index contributed by atoms with van der Waals surface area (Å²) in [7, 11) is 0. The maximum Gasteiger partial charge on any atom is 0.255 e. The second kappa shape index (κ2) is 6.46. The molecule has 2 aromatic rings. The molecule has 1 aromatic heterocycles. The maximum absolute atomic E-state index is 12.7. The van der Waals surface area contributed by atoms with Gasteiger partial charge in [-0.15, -0.1) is 6.58 Å². The summed E-state index contributed by atoms with van der Waals surface area (Å²) in [5, 5.41) is 13.6. The van der Waals surface area contributed by atoms with E-state index in [1.165, 1.54) is 0 Å². The Bertz CT molecular complexity index is 745. The summed E-state index contributed by atoms with van der Waals surface area (Å²) in [6.45, 7) is 10.5. The van der Waals surface area contributed by atoms with Crippen molar-refractivity contribution in [3.63, 3.8) is 0 Å². The summed E-state index contributed by atoms with van der Waals surface area (Å²) in [5.74, 6) is 0. The Morgan fingerprint density at radius 2 is 2.09 bits per heavy atom. The highest BCUT2D eigenvalue weighted by Crippen LogP contribution is 2.16. The summed E-state index contributed by atoms with van der Waals surface area (Å²) in [6.07, 6.45) is 1.73. The van der Waals surface area contributed by atoms with Crippen LogP contribution in [-0.4, -0.2) is 21.8 Å². The molecule has 0 aliphatic rings. The van der Waals surface area contributed by atoms with Gasteiger partial charge in [-0.2, -0.15) is 0 Å². The van der Waals surface area contributed by atoms with E-state index in [0.29, 0.717) is 18.7 Å². The van der Waals surface area contributed by atoms with Crippen molar-refractivity contribution < 1.29 is 5.11 Å². The van der Waals surface area contributed by atoms with E-state index in [1.54, 1.807) is 10.6 Å². The van der Waals surface area contributed by atoms with Gasteiger partial charge in [0.25, 0.3) is 5.56 Å². The van der Waals surface area contributed by atoms with Crippen LogP contribution < -0.4 is 10.9 Å². The Balaban J connectivity index is 2.52. The highest BCUT2D eigenvalue weighted by atomic mass is 16.3. The van der Waals surface area contributed by atoms with Crippen LogP contribution in [0.4, 0.5) is 0 Å². The first kappa shape index (κ1) is 16.5. The molecule has 0 fully saturated rings. The molecule has 0 radical (unpaired) electrons. The topological polar surface area (TPSA) is 54.3 Å². The van der Waals surface area contributed by atoms with Crippen molar-refractivity contribution in [2.45, 2.75) is 39.4 Å². The van der Waals surface area contributed by atoms with Gasteiger partial charge in [0.05, 0.1) is 12.1 Å². The number of nitrogens with one attached hydrogen (secondary N) is 1. The summed E-state index contributed by atoms with van der Waals surface area (Å²) in [4.78, 5) is 12.7. The van der Waals surface area contributed by atoms with E-state index in [1.807, 2.05) is 39.0 Å². The molecule has 4 heteroatoms. The SMILES string of the molecule is C=CCn1c(=O)c(CNC(C)(C)CO)cc2cc(C)ccc21. The summed E-state index contributed by atoms with van der Waals surface area (Å²) >= 11 is 0. The van der Waals surface area contributed by atoms with Crippen molar-refractivity contribution in [2.75, 3.05) is 6.61 Å². The standard InChI is InChI=1S/C18H24N2O2/c1-5-8-20-16-7-6-13(2)9-14(16)10-15(17(20)22)11-19-18(3,4)12-21/h5-7,9-10,19,21H,1,8,11-12H2,2-4H3. The normalized spacial score (nSPS) is 11.8. The molecule has 2 rings (SSSR count). The van der Waals surface area contributed by atoms with Crippen molar-refractivity contribution in [2.24, 2.45) is 0 Å². The van der Waals surface area contributed by atoms with Crippen LogP contribution in [0.5, 0.6) is 0 Å². The fourth-order valence-electron chi connectivity index (χ4n) is 2.39. The van der Waals surface area contributed by atoms with Crippen LogP contribution in [0.25, 0.3) is 10.9 Å². The monoisotopic (exact) mass is 300 g/mol. The molecule has 0 unspecified atom stereocenters. The number of aliphatic hydroxyl groups excluding tert-OH is 1. The van der Waals surface area contributed by atoms with E-state index < -0.39 is 5.54 Å². The van der Waals surface area contributed by atoms with Crippen molar-refractivity contribution in [3.8, 4) is 0 Å². The first-order valence-corrected chi connectivity index (χ1v) is 7.48. The lowest BCUT2D eigenvalue weighted by Crippen LogP contribution is -2.43. The maximum atomic E-state index is 12.7. The number of nitrogens with zero attached hydrogens (tertiary/aromatic N) is 1. The van der Waals surface area contributed by atoms with Gasteiger partial charge in [0.15, 0.2) is 0 Å². The molecule has 0 bridgehead atoms. The Hall–Kier alpha value is -1.91. The number of aliphatic hydroxyl groups is 1. The Morgan fingerprint density at radius 1 is 1.36 bits per heavy atom. The molecule has 1 heterocycles. The third-order valence-corrected chi connectivity index (χ3v) is 3.79. The lowest BCUT2D eigenvalue weighted by Gasteiger charge is -2.23. The molecule has 0 spiro atoms. The van der Waals surface area contributed by atoms with Crippen molar-refractivity contribution in [1.82, 2.24) is 9.88 Å². The zero-order valence-corrected chi connectivity index (χ0v) is 13.5. The van der Waals surface area contributed by atoms with Crippen LogP contribution in [0.15, 0.2) is 41.7 Å². The summed E-state index contributed by atoms with van der Waals surface area (Å²) in [5.41, 5.74) is 2.34. The average molecular weight is 300 g/mol. The number of fused-ring (bicyclic) bond motifs is 1. The minimum Gasteiger partial charge on any atom is -0.394 e. The van der Waals surface area contributed by atoms with Gasteiger partial charge in [-0.05, 0) is 44.4 Å². The molecule has 118 valence electrons. The van der Waals surface area contributed by atoms with E-state index in [9.17, 15) is 9.90 Å². The van der Waals surface area contributed by atoms with Gasteiger partial charge in [0, 0.05) is 24.2 Å². The number of pyridine rings is 1. The predicted octanol–water partition coefficient (Wildman–Crippen LogP) is 2.36. The lowest BCUT2D eigenvalue weighted by atomic mass is 10.1. The number of hydrogen-bond acceptors (Lipinski definition) is 3. The number of aryl methyl sites for hydroxylation is 1. The molecule has 1 aromatic carbocycles. The van der Waals surface area contributed by atoms with Crippen LogP contribution in [0.1, 0.15) is 25.0 Å². The van der Waals surface area contributed by atoms with Crippen LogP contribution in [0, 0.1) is 6.92 Å². The van der Waals surface area contributed by atoms with E-state index in [4.69, 9.17) is 0 Å². The minimum atomic E-state index is -0.419.